The molecule has 4 rings (SSSR count). The third kappa shape index (κ3) is 3.69. The van der Waals surface area contributed by atoms with E-state index in [1.165, 1.54) is 4.68 Å². The van der Waals surface area contributed by atoms with Gasteiger partial charge in [0, 0.05) is 5.39 Å². The summed E-state index contributed by atoms with van der Waals surface area (Å²) in [5.74, 6) is -0.275. The second kappa shape index (κ2) is 7.88. The van der Waals surface area contributed by atoms with Crippen LogP contribution in [0.5, 0.6) is 0 Å². The lowest BCUT2D eigenvalue weighted by Crippen LogP contribution is -2.36. The summed E-state index contributed by atoms with van der Waals surface area (Å²) in [7, 11) is 0. The quantitative estimate of drug-likeness (QED) is 0.587. The van der Waals surface area contributed by atoms with Crippen LogP contribution in [0.15, 0.2) is 95.9 Å². The fourth-order valence-corrected chi connectivity index (χ4v) is 3.23. The monoisotopic (exact) mass is 369 g/mol. The lowest BCUT2D eigenvalue weighted by atomic mass is 9.99. The molecule has 0 atom stereocenters. The fraction of sp³-hybridized carbons (Fsp3) is 0.0870. The maximum absolute atomic E-state index is 12.7. The number of aromatic nitrogens is 2. The predicted octanol–water partition coefficient (Wildman–Crippen LogP) is 3.30. The van der Waals surface area contributed by atoms with Crippen LogP contribution in [-0.2, 0) is 11.3 Å². The molecule has 138 valence electrons. The number of fused-ring (bicyclic) bond motifs is 1. The molecule has 5 nitrogen and oxygen atoms in total. The van der Waals surface area contributed by atoms with Crippen LogP contribution in [0.3, 0.4) is 0 Å². The van der Waals surface area contributed by atoms with Crippen molar-refractivity contribution >= 4 is 16.7 Å². The van der Waals surface area contributed by atoms with E-state index in [4.69, 9.17) is 0 Å². The van der Waals surface area contributed by atoms with E-state index >= 15 is 0 Å². The first-order valence-corrected chi connectivity index (χ1v) is 9.06. The summed E-state index contributed by atoms with van der Waals surface area (Å²) < 4.78 is 1.20. The number of hydrogen-bond donors (Lipinski definition) is 1. The minimum absolute atomic E-state index is 0.139. The second-order valence-corrected chi connectivity index (χ2v) is 6.52. The van der Waals surface area contributed by atoms with Crippen LogP contribution in [0, 0.1) is 0 Å². The van der Waals surface area contributed by atoms with Crippen molar-refractivity contribution in [2.75, 3.05) is 0 Å². The van der Waals surface area contributed by atoms with E-state index in [1.54, 1.807) is 18.3 Å². The summed E-state index contributed by atoms with van der Waals surface area (Å²) in [5.41, 5.74) is 1.67. The van der Waals surface area contributed by atoms with E-state index in [0.29, 0.717) is 5.39 Å². The molecule has 28 heavy (non-hydrogen) atoms. The Kier molecular flexibility index (Phi) is 4.97. The molecule has 5 heteroatoms. The van der Waals surface area contributed by atoms with Crippen LogP contribution in [-0.4, -0.2) is 15.7 Å². The smallest absolute Gasteiger partial charge is 0.275 e. The van der Waals surface area contributed by atoms with Gasteiger partial charge in [0.25, 0.3) is 5.56 Å². The van der Waals surface area contributed by atoms with Gasteiger partial charge in [-0.1, -0.05) is 78.9 Å². The van der Waals surface area contributed by atoms with Gasteiger partial charge in [-0.3, -0.25) is 9.59 Å². The van der Waals surface area contributed by atoms with Crippen molar-refractivity contribution in [1.82, 2.24) is 15.1 Å². The van der Waals surface area contributed by atoms with Gasteiger partial charge >= 0.3 is 0 Å². The van der Waals surface area contributed by atoms with E-state index in [2.05, 4.69) is 10.4 Å². The van der Waals surface area contributed by atoms with E-state index in [0.717, 1.165) is 16.5 Å². The van der Waals surface area contributed by atoms with Gasteiger partial charge in [-0.15, -0.1) is 0 Å². The first-order chi connectivity index (χ1) is 13.7. The highest BCUT2D eigenvalue weighted by Gasteiger charge is 2.17. The van der Waals surface area contributed by atoms with Gasteiger partial charge in [0.2, 0.25) is 5.91 Å². The number of nitrogens with one attached hydrogen (secondary N) is 1. The average Bonchev–Trinajstić information content (AvgIpc) is 2.75. The Hall–Kier alpha value is -3.73. The molecule has 0 unspecified atom stereocenters. The zero-order valence-electron chi connectivity index (χ0n) is 15.2. The van der Waals surface area contributed by atoms with E-state index in [1.807, 2.05) is 72.8 Å². The van der Waals surface area contributed by atoms with E-state index in [9.17, 15) is 9.59 Å². The van der Waals surface area contributed by atoms with Gasteiger partial charge in [-0.05, 0) is 17.2 Å². The summed E-state index contributed by atoms with van der Waals surface area (Å²) >= 11 is 0. The summed E-state index contributed by atoms with van der Waals surface area (Å²) in [6, 6.07) is 26.4. The second-order valence-electron chi connectivity index (χ2n) is 6.52. The zero-order chi connectivity index (χ0) is 19.3. The molecule has 0 saturated heterocycles. The third-order valence-electron chi connectivity index (χ3n) is 4.63. The SMILES string of the molecule is O=C(Cn1ncc2ccccc2c1=O)NC(c1ccccc1)c1ccccc1. The first kappa shape index (κ1) is 17.7. The van der Waals surface area contributed by atoms with Gasteiger partial charge in [0.05, 0.1) is 17.6 Å². The van der Waals surface area contributed by atoms with Crippen LogP contribution in [0.2, 0.25) is 0 Å². The van der Waals surface area contributed by atoms with Crippen LogP contribution in [0.25, 0.3) is 10.8 Å². The molecule has 1 N–H and O–H groups in total. The molecule has 1 amide bonds. The van der Waals surface area contributed by atoms with Crippen LogP contribution in [0.4, 0.5) is 0 Å². The van der Waals surface area contributed by atoms with E-state index in [-0.39, 0.29) is 24.1 Å². The maximum atomic E-state index is 12.7. The number of amides is 1. The molecule has 0 aliphatic heterocycles. The molecule has 0 fully saturated rings. The standard InChI is InChI=1S/C23H19N3O2/c27-21(16-26-23(28)20-14-8-7-13-19(20)15-24-26)25-22(17-9-3-1-4-10-17)18-11-5-2-6-12-18/h1-15,22H,16H2,(H,25,27). The Morgan fingerprint density at radius 3 is 2.07 bits per heavy atom. The Morgan fingerprint density at radius 2 is 1.43 bits per heavy atom. The number of nitrogens with zero attached hydrogens (tertiary/aromatic N) is 2. The van der Waals surface area contributed by atoms with Crippen molar-refractivity contribution in [3.8, 4) is 0 Å². The molecule has 0 bridgehead atoms. The molecule has 0 spiro atoms. The fourth-order valence-electron chi connectivity index (χ4n) is 3.23. The minimum Gasteiger partial charge on any atom is -0.344 e. The topological polar surface area (TPSA) is 64.0 Å². The van der Waals surface area contributed by atoms with Crippen molar-refractivity contribution in [3.05, 3.63) is 113 Å². The normalized spacial score (nSPS) is 10.9. The van der Waals surface area contributed by atoms with Gasteiger partial charge in [-0.2, -0.15) is 5.10 Å². The minimum atomic E-state index is -0.300. The summed E-state index contributed by atoms with van der Waals surface area (Å²) in [6.07, 6.45) is 1.61. The number of carbonyl (C=O) groups excluding carboxylic acids is 1. The zero-order valence-corrected chi connectivity index (χ0v) is 15.2. The van der Waals surface area contributed by atoms with Crippen molar-refractivity contribution in [3.63, 3.8) is 0 Å². The lowest BCUT2D eigenvalue weighted by molar-refractivity contribution is -0.122. The van der Waals surface area contributed by atoms with Gasteiger partial charge in [-0.25, -0.2) is 4.68 Å². The van der Waals surface area contributed by atoms with Crippen molar-refractivity contribution in [2.45, 2.75) is 12.6 Å². The highest BCUT2D eigenvalue weighted by atomic mass is 16.2. The molecule has 0 aliphatic carbocycles. The Balaban J connectivity index is 1.60. The Labute approximate surface area is 162 Å². The largest absolute Gasteiger partial charge is 0.344 e. The predicted molar refractivity (Wildman–Crippen MR) is 109 cm³/mol. The average molecular weight is 369 g/mol. The molecular weight excluding hydrogens is 350 g/mol. The van der Waals surface area contributed by atoms with Crippen LogP contribution in [0.1, 0.15) is 17.2 Å². The summed E-state index contributed by atoms with van der Waals surface area (Å²) in [5, 5.41) is 8.49. The molecule has 1 aromatic heterocycles. The lowest BCUT2D eigenvalue weighted by Gasteiger charge is -2.20. The van der Waals surface area contributed by atoms with Crippen molar-refractivity contribution in [2.24, 2.45) is 0 Å². The molecule has 0 saturated carbocycles. The first-order valence-electron chi connectivity index (χ1n) is 9.06. The van der Waals surface area contributed by atoms with Gasteiger partial charge in [0.1, 0.15) is 6.54 Å². The van der Waals surface area contributed by atoms with E-state index < -0.39 is 0 Å². The number of carbonyl (C=O) groups is 1. The Morgan fingerprint density at radius 1 is 0.857 bits per heavy atom. The van der Waals surface area contributed by atoms with Gasteiger partial charge < -0.3 is 5.32 Å². The van der Waals surface area contributed by atoms with Crippen LogP contribution < -0.4 is 10.9 Å². The number of rotatable bonds is 5. The maximum Gasteiger partial charge on any atom is 0.275 e. The molecular formula is C23H19N3O2. The number of benzene rings is 3. The molecule has 0 aliphatic rings. The van der Waals surface area contributed by atoms with Crippen molar-refractivity contribution < 1.29 is 4.79 Å². The van der Waals surface area contributed by atoms with Crippen LogP contribution >= 0.6 is 0 Å². The molecule has 4 aromatic rings. The molecule has 0 radical (unpaired) electrons. The third-order valence-corrected chi connectivity index (χ3v) is 4.63. The summed E-state index contributed by atoms with van der Waals surface area (Å²) in [4.78, 5) is 25.4. The number of hydrogen-bond acceptors (Lipinski definition) is 3. The highest BCUT2D eigenvalue weighted by molar-refractivity contribution is 5.81. The highest BCUT2D eigenvalue weighted by Crippen LogP contribution is 2.21. The van der Waals surface area contributed by atoms with Crippen molar-refractivity contribution in [1.29, 1.82) is 0 Å². The van der Waals surface area contributed by atoms with Gasteiger partial charge in [0.15, 0.2) is 0 Å². The Bertz CT molecular complexity index is 1120. The molecule has 3 aromatic carbocycles. The summed E-state index contributed by atoms with van der Waals surface area (Å²) in [6.45, 7) is -0.139. The molecule has 1 heterocycles.